The van der Waals surface area contributed by atoms with Crippen LogP contribution >= 0.6 is 23.2 Å². The van der Waals surface area contributed by atoms with E-state index in [1.54, 1.807) is 25.2 Å². The Hall–Kier alpha value is -0.970. The number of rotatable bonds is 5. The van der Waals surface area contributed by atoms with E-state index < -0.39 is 11.7 Å². The number of hydrogen-bond acceptors (Lipinski definition) is 3. The van der Waals surface area contributed by atoms with Gasteiger partial charge in [-0.3, -0.25) is 0 Å². The smallest absolute Gasteiger partial charge is 0.410 e. The fourth-order valence-corrected chi connectivity index (χ4v) is 2.15. The number of benzene rings is 1. The Morgan fingerprint density at radius 3 is 2.50 bits per heavy atom. The molecule has 0 saturated carbocycles. The van der Waals surface area contributed by atoms with E-state index in [1.807, 2.05) is 20.8 Å². The van der Waals surface area contributed by atoms with Crippen LogP contribution < -0.4 is 0 Å². The van der Waals surface area contributed by atoms with Crippen LogP contribution in [-0.4, -0.2) is 35.3 Å². The first-order valence-electron chi connectivity index (χ1n) is 7.17. The molecule has 1 unspecified atom stereocenters. The number of amides is 1. The molecule has 1 aromatic rings. The maximum atomic E-state index is 11.8. The van der Waals surface area contributed by atoms with Crippen molar-refractivity contribution in [2.45, 2.75) is 45.3 Å². The molecule has 0 bridgehead atoms. The molecule has 124 valence electrons. The molecule has 4 nitrogen and oxygen atoms in total. The van der Waals surface area contributed by atoms with Crippen LogP contribution in [0.2, 0.25) is 10.0 Å². The Morgan fingerprint density at radius 2 is 1.95 bits per heavy atom. The van der Waals surface area contributed by atoms with E-state index in [1.165, 1.54) is 4.90 Å². The SMILES string of the molecule is CN(CCCC(O)c1ccc(Cl)c(Cl)c1)C(=O)OC(C)(C)C. The van der Waals surface area contributed by atoms with Gasteiger partial charge in [-0.15, -0.1) is 0 Å². The number of nitrogens with zero attached hydrogens (tertiary/aromatic N) is 1. The second-order valence-corrected chi connectivity index (χ2v) is 7.05. The molecule has 1 atom stereocenters. The molecule has 0 aliphatic heterocycles. The lowest BCUT2D eigenvalue weighted by molar-refractivity contribution is 0.0289. The Morgan fingerprint density at radius 1 is 1.32 bits per heavy atom. The third-order valence-electron chi connectivity index (χ3n) is 3.00. The van der Waals surface area contributed by atoms with Gasteiger partial charge in [-0.1, -0.05) is 29.3 Å². The zero-order valence-corrected chi connectivity index (χ0v) is 14.9. The number of halogens is 2. The van der Waals surface area contributed by atoms with Crippen LogP contribution in [0.25, 0.3) is 0 Å². The summed E-state index contributed by atoms with van der Waals surface area (Å²) in [7, 11) is 1.68. The van der Waals surface area contributed by atoms with Gasteiger partial charge in [0.1, 0.15) is 5.60 Å². The second kappa shape index (κ2) is 8.04. The molecular weight excluding hydrogens is 325 g/mol. The minimum absolute atomic E-state index is 0.364. The van der Waals surface area contributed by atoms with E-state index >= 15 is 0 Å². The van der Waals surface area contributed by atoms with Gasteiger partial charge in [0.05, 0.1) is 16.1 Å². The van der Waals surface area contributed by atoms with Crippen molar-refractivity contribution in [3.8, 4) is 0 Å². The van der Waals surface area contributed by atoms with Crippen LogP contribution in [0.4, 0.5) is 4.79 Å². The van der Waals surface area contributed by atoms with E-state index in [-0.39, 0.29) is 6.09 Å². The Bertz CT molecular complexity index is 515. The molecule has 0 aliphatic carbocycles. The number of aliphatic hydroxyl groups is 1. The molecule has 0 saturated heterocycles. The van der Waals surface area contributed by atoms with Crippen molar-refractivity contribution in [3.05, 3.63) is 33.8 Å². The Kier molecular flexibility index (Phi) is 6.98. The van der Waals surface area contributed by atoms with E-state index in [0.29, 0.717) is 35.0 Å². The van der Waals surface area contributed by atoms with Gasteiger partial charge in [0, 0.05) is 13.6 Å². The molecular formula is C16H23Cl2NO3. The average molecular weight is 348 g/mol. The molecule has 1 N–H and O–H groups in total. The summed E-state index contributed by atoms with van der Waals surface area (Å²) in [4.78, 5) is 13.3. The lowest BCUT2D eigenvalue weighted by atomic mass is 10.0. The lowest BCUT2D eigenvalue weighted by Crippen LogP contribution is -2.34. The zero-order chi connectivity index (χ0) is 16.9. The number of aliphatic hydroxyl groups excluding tert-OH is 1. The largest absolute Gasteiger partial charge is 0.444 e. The predicted octanol–water partition coefficient (Wildman–Crippen LogP) is 4.67. The van der Waals surface area contributed by atoms with Gasteiger partial charge in [0.15, 0.2) is 0 Å². The highest BCUT2D eigenvalue weighted by Crippen LogP contribution is 2.27. The van der Waals surface area contributed by atoms with Crippen molar-refractivity contribution in [3.63, 3.8) is 0 Å². The fourth-order valence-electron chi connectivity index (χ4n) is 1.84. The molecule has 6 heteroatoms. The van der Waals surface area contributed by atoms with E-state index in [9.17, 15) is 9.90 Å². The molecule has 0 aromatic heterocycles. The van der Waals surface area contributed by atoms with Crippen molar-refractivity contribution in [1.29, 1.82) is 0 Å². The summed E-state index contributed by atoms with van der Waals surface area (Å²) >= 11 is 11.8. The Labute approximate surface area is 142 Å². The zero-order valence-electron chi connectivity index (χ0n) is 13.4. The lowest BCUT2D eigenvalue weighted by Gasteiger charge is -2.24. The summed E-state index contributed by atoms with van der Waals surface area (Å²) in [5.41, 5.74) is 0.208. The first-order valence-corrected chi connectivity index (χ1v) is 7.93. The summed E-state index contributed by atoms with van der Waals surface area (Å²) in [5.74, 6) is 0. The highest BCUT2D eigenvalue weighted by atomic mass is 35.5. The van der Waals surface area contributed by atoms with Gasteiger partial charge in [0.2, 0.25) is 0 Å². The van der Waals surface area contributed by atoms with Crippen LogP contribution in [0, 0.1) is 0 Å². The molecule has 1 aromatic carbocycles. The minimum Gasteiger partial charge on any atom is -0.444 e. The van der Waals surface area contributed by atoms with Crippen LogP contribution in [0.5, 0.6) is 0 Å². The number of ether oxygens (including phenoxy) is 1. The second-order valence-electron chi connectivity index (χ2n) is 6.23. The normalized spacial score (nSPS) is 12.9. The quantitative estimate of drug-likeness (QED) is 0.841. The third-order valence-corrected chi connectivity index (χ3v) is 3.74. The summed E-state index contributed by atoms with van der Waals surface area (Å²) < 4.78 is 5.26. The molecule has 1 amide bonds. The molecule has 1 rings (SSSR count). The topological polar surface area (TPSA) is 49.8 Å². The molecule has 0 aliphatic rings. The highest BCUT2D eigenvalue weighted by molar-refractivity contribution is 6.42. The van der Waals surface area contributed by atoms with E-state index in [2.05, 4.69) is 0 Å². The van der Waals surface area contributed by atoms with Gasteiger partial charge in [-0.25, -0.2) is 4.79 Å². The van der Waals surface area contributed by atoms with Crippen molar-refractivity contribution in [1.82, 2.24) is 4.90 Å². The first kappa shape index (κ1) is 19.1. The maximum Gasteiger partial charge on any atom is 0.410 e. The third kappa shape index (κ3) is 6.42. The fraction of sp³-hybridized carbons (Fsp3) is 0.562. The van der Waals surface area contributed by atoms with Crippen LogP contribution in [0.3, 0.4) is 0 Å². The maximum absolute atomic E-state index is 11.8. The minimum atomic E-state index is -0.637. The average Bonchev–Trinajstić information content (AvgIpc) is 2.39. The van der Waals surface area contributed by atoms with Gasteiger partial charge in [-0.05, 0) is 51.3 Å². The number of carbonyl (C=O) groups excluding carboxylic acids is 1. The predicted molar refractivity (Wildman–Crippen MR) is 89.5 cm³/mol. The molecule has 0 heterocycles. The van der Waals surface area contributed by atoms with Crippen molar-refractivity contribution < 1.29 is 14.6 Å². The van der Waals surface area contributed by atoms with Gasteiger partial charge in [-0.2, -0.15) is 0 Å². The standard InChI is InChI=1S/C16H23Cl2NO3/c1-16(2,3)22-15(21)19(4)9-5-6-14(20)11-7-8-12(17)13(18)10-11/h7-8,10,14,20H,5-6,9H2,1-4H3. The van der Waals surface area contributed by atoms with Gasteiger partial charge >= 0.3 is 6.09 Å². The number of hydrogen-bond donors (Lipinski definition) is 1. The molecule has 22 heavy (non-hydrogen) atoms. The summed E-state index contributed by atoms with van der Waals surface area (Å²) in [6.07, 6.45) is 0.167. The molecule has 0 radical (unpaired) electrons. The van der Waals surface area contributed by atoms with Crippen molar-refractivity contribution in [2.24, 2.45) is 0 Å². The first-order chi connectivity index (χ1) is 10.1. The van der Waals surface area contributed by atoms with E-state index in [4.69, 9.17) is 27.9 Å². The van der Waals surface area contributed by atoms with Crippen LogP contribution in [-0.2, 0) is 4.74 Å². The summed E-state index contributed by atoms with van der Waals surface area (Å²) in [6, 6.07) is 5.07. The monoisotopic (exact) mass is 347 g/mol. The van der Waals surface area contributed by atoms with Crippen molar-refractivity contribution >= 4 is 29.3 Å². The van der Waals surface area contributed by atoms with Crippen LogP contribution in [0.15, 0.2) is 18.2 Å². The van der Waals surface area contributed by atoms with E-state index in [0.717, 1.165) is 0 Å². The Balaban J connectivity index is 2.43. The molecule has 0 spiro atoms. The van der Waals surface area contributed by atoms with Crippen LogP contribution in [0.1, 0.15) is 45.3 Å². The highest BCUT2D eigenvalue weighted by Gasteiger charge is 2.19. The summed E-state index contributed by atoms with van der Waals surface area (Å²) in [5, 5.41) is 11.0. The van der Waals surface area contributed by atoms with Gasteiger partial charge in [0.25, 0.3) is 0 Å². The van der Waals surface area contributed by atoms with Crippen molar-refractivity contribution in [2.75, 3.05) is 13.6 Å². The molecule has 0 fully saturated rings. The van der Waals surface area contributed by atoms with Gasteiger partial charge < -0.3 is 14.7 Å². The summed E-state index contributed by atoms with van der Waals surface area (Å²) in [6.45, 7) is 5.99. The number of carbonyl (C=O) groups is 1.